The normalized spacial score (nSPS) is 12.6. The number of sulfone groups is 1. The van der Waals surface area contributed by atoms with Crippen molar-refractivity contribution in [3.05, 3.63) is 64.7 Å². The molecule has 0 spiro atoms. The molecule has 25 heavy (non-hydrogen) atoms. The van der Waals surface area contributed by atoms with Gasteiger partial charge in [0.05, 0.1) is 10.9 Å². The molecule has 1 atom stereocenters. The van der Waals surface area contributed by atoms with Crippen LogP contribution in [0, 0.1) is 0 Å². The fraction of sp³-hybridized carbons (Fsp3) is 0.316. The summed E-state index contributed by atoms with van der Waals surface area (Å²) in [4.78, 5) is 14.4. The Balaban J connectivity index is 1.99. The van der Waals surface area contributed by atoms with Crippen LogP contribution in [-0.2, 0) is 21.1 Å². The Bertz CT molecular complexity index is 830. The maximum Gasteiger partial charge on any atom is 0.223 e. The lowest BCUT2D eigenvalue weighted by Gasteiger charge is -2.25. The van der Waals surface area contributed by atoms with Gasteiger partial charge in [-0.25, -0.2) is 8.42 Å². The zero-order chi connectivity index (χ0) is 18.6. The fourth-order valence-corrected chi connectivity index (χ4v) is 3.27. The van der Waals surface area contributed by atoms with Crippen LogP contribution in [0.2, 0.25) is 5.02 Å². The van der Waals surface area contributed by atoms with Crippen molar-refractivity contribution < 1.29 is 13.2 Å². The summed E-state index contributed by atoms with van der Waals surface area (Å²) in [5.74, 6) is 0.0367. The molecule has 0 fully saturated rings. The highest BCUT2D eigenvalue weighted by molar-refractivity contribution is 7.90. The minimum Gasteiger partial charge on any atom is -0.339 e. The van der Waals surface area contributed by atoms with E-state index in [1.807, 2.05) is 31.2 Å². The van der Waals surface area contributed by atoms with Crippen molar-refractivity contribution in [3.8, 4) is 0 Å². The van der Waals surface area contributed by atoms with E-state index in [1.54, 1.807) is 36.2 Å². The van der Waals surface area contributed by atoms with E-state index in [0.29, 0.717) is 17.9 Å². The summed E-state index contributed by atoms with van der Waals surface area (Å²) < 4.78 is 23.0. The number of carbonyl (C=O) groups is 1. The topological polar surface area (TPSA) is 54.5 Å². The third-order valence-corrected chi connectivity index (χ3v) is 5.69. The van der Waals surface area contributed by atoms with Crippen molar-refractivity contribution >= 4 is 27.3 Å². The third kappa shape index (κ3) is 5.31. The predicted octanol–water partition coefficient (Wildman–Crippen LogP) is 3.90. The summed E-state index contributed by atoms with van der Waals surface area (Å²) in [5, 5.41) is 0.679. The number of amides is 1. The van der Waals surface area contributed by atoms with Crippen molar-refractivity contribution in [3.63, 3.8) is 0 Å². The van der Waals surface area contributed by atoms with Gasteiger partial charge in [-0.15, -0.1) is 0 Å². The molecule has 4 nitrogen and oxygen atoms in total. The molecular formula is C19H22ClNO3S. The number of rotatable bonds is 6. The summed E-state index contributed by atoms with van der Waals surface area (Å²) in [7, 11) is -1.45. The van der Waals surface area contributed by atoms with Gasteiger partial charge in [-0.05, 0) is 48.7 Å². The van der Waals surface area contributed by atoms with Crippen LogP contribution in [0.15, 0.2) is 53.4 Å². The molecule has 6 heteroatoms. The Labute approximate surface area is 154 Å². The van der Waals surface area contributed by atoms with E-state index < -0.39 is 9.84 Å². The lowest BCUT2D eigenvalue weighted by atomic mass is 10.1. The second-order valence-corrected chi connectivity index (χ2v) is 8.60. The van der Waals surface area contributed by atoms with Crippen LogP contribution in [0.25, 0.3) is 0 Å². The van der Waals surface area contributed by atoms with E-state index in [2.05, 4.69) is 0 Å². The quantitative estimate of drug-likeness (QED) is 0.764. The first-order valence-corrected chi connectivity index (χ1v) is 10.3. The third-order valence-electron chi connectivity index (χ3n) is 4.31. The van der Waals surface area contributed by atoms with Crippen molar-refractivity contribution in [2.24, 2.45) is 0 Å². The zero-order valence-corrected chi connectivity index (χ0v) is 16.1. The largest absolute Gasteiger partial charge is 0.339 e. The monoisotopic (exact) mass is 379 g/mol. The number of hydrogen-bond acceptors (Lipinski definition) is 3. The van der Waals surface area contributed by atoms with Gasteiger partial charge in [-0.1, -0.05) is 35.9 Å². The van der Waals surface area contributed by atoms with E-state index in [-0.39, 0.29) is 16.8 Å². The second kappa shape index (κ2) is 8.02. The number of hydrogen-bond donors (Lipinski definition) is 0. The van der Waals surface area contributed by atoms with E-state index in [1.165, 1.54) is 6.26 Å². The van der Waals surface area contributed by atoms with Gasteiger partial charge in [0.1, 0.15) is 0 Å². The molecule has 0 aliphatic carbocycles. The number of aryl methyl sites for hydroxylation is 1. The Morgan fingerprint density at radius 1 is 1.08 bits per heavy atom. The van der Waals surface area contributed by atoms with Crippen LogP contribution < -0.4 is 0 Å². The summed E-state index contributed by atoms with van der Waals surface area (Å²) in [6.07, 6.45) is 2.24. The molecule has 0 heterocycles. The molecule has 1 amide bonds. The average Bonchev–Trinajstić information content (AvgIpc) is 2.59. The Morgan fingerprint density at radius 3 is 2.16 bits per heavy atom. The molecule has 2 aromatic rings. The number of nitrogens with zero attached hydrogens (tertiary/aromatic N) is 1. The Hall–Kier alpha value is -1.85. The zero-order valence-electron chi connectivity index (χ0n) is 14.6. The van der Waals surface area contributed by atoms with E-state index in [0.717, 1.165) is 11.1 Å². The highest BCUT2D eigenvalue weighted by atomic mass is 35.5. The maximum absolute atomic E-state index is 12.4. The first-order valence-electron chi connectivity index (χ1n) is 7.98. The first kappa shape index (κ1) is 19.5. The van der Waals surface area contributed by atoms with Crippen LogP contribution in [0.3, 0.4) is 0 Å². The molecule has 2 aromatic carbocycles. The summed E-state index contributed by atoms with van der Waals surface area (Å²) in [5.41, 5.74) is 1.96. The van der Waals surface area contributed by atoms with Crippen molar-refractivity contribution in [1.82, 2.24) is 4.90 Å². The number of halogens is 1. The van der Waals surface area contributed by atoms with Gasteiger partial charge >= 0.3 is 0 Å². The second-order valence-electron chi connectivity index (χ2n) is 6.15. The van der Waals surface area contributed by atoms with Crippen LogP contribution in [0.4, 0.5) is 0 Å². The van der Waals surface area contributed by atoms with Gasteiger partial charge < -0.3 is 4.90 Å². The molecule has 0 aliphatic heterocycles. The van der Waals surface area contributed by atoms with Crippen LogP contribution >= 0.6 is 11.6 Å². The molecule has 0 saturated heterocycles. The molecule has 0 aliphatic rings. The average molecular weight is 380 g/mol. The van der Waals surface area contributed by atoms with Gasteiger partial charge in [0.25, 0.3) is 0 Å². The number of carbonyl (C=O) groups excluding carboxylic acids is 1. The van der Waals surface area contributed by atoms with Gasteiger partial charge in [0, 0.05) is 24.7 Å². The van der Waals surface area contributed by atoms with E-state index in [4.69, 9.17) is 11.6 Å². The Morgan fingerprint density at radius 2 is 1.64 bits per heavy atom. The van der Waals surface area contributed by atoms with E-state index >= 15 is 0 Å². The Kier molecular flexibility index (Phi) is 6.25. The minimum absolute atomic E-state index is 0.0367. The summed E-state index contributed by atoms with van der Waals surface area (Å²) in [6.45, 7) is 1.93. The highest BCUT2D eigenvalue weighted by Gasteiger charge is 2.18. The molecule has 0 aromatic heterocycles. The molecule has 0 saturated carbocycles. The van der Waals surface area contributed by atoms with Crippen LogP contribution in [0.1, 0.15) is 30.5 Å². The summed E-state index contributed by atoms with van der Waals surface area (Å²) in [6, 6.07) is 14.0. The summed E-state index contributed by atoms with van der Waals surface area (Å²) >= 11 is 5.86. The van der Waals surface area contributed by atoms with Crippen LogP contribution in [-0.4, -0.2) is 32.5 Å². The minimum atomic E-state index is -3.21. The van der Waals surface area contributed by atoms with Crippen LogP contribution in [0.5, 0.6) is 0 Å². The highest BCUT2D eigenvalue weighted by Crippen LogP contribution is 2.22. The molecular weight excluding hydrogens is 358 g/mol. The molecule has 2 rings (SSSR count). The molecule has 0 N–H and O–H groups in total. The lowest BCUT2D eigenvalue weighted by Crippen LogP contribution is -2.29. The van der Waals surface area contributed by atoms with Gasteiger partial charge in [-0.2, -0.15) is 0 Å². The number of benzene rings is 2. The lowest BCUT2D eigenvalue weighted by molar-refractivity contribution is -0.131. The molecule has 0 radical (unpaired) electrons. The smallest absolute Gasteiger partial charge is 0.223 e. The van der Waals surface area contributed by atoms with Gasteiger partial charge in [-0.3, -0.25) is 4.79 Å². The molecule has 0 bridgehead atoms. The predicted molar refractivity (Wildman–Crippen MR) is 101 cm³/mol. The maximum atomic E-state index is 12.4. The van der Waals surface area contributed by atoms with Gasteiger partial charge in [0.2, 0.25) is 5.91 Å². The van der Waals surface area contributed by atoms with Gasteiger partial charge in [0.15, 0.2) is 9.84 Å². The molecule has 134 valence electrons. The SMILES string of the molecule is CC(c1ccc(S(C)(=O)=O)cc1)N(C)C(=O)CCc1ccc(Cl)cc1. The fourth-order valence-electron chi connectivity index (χ4n) is 2.51. The molecule has 1 unspecified atom stereocenters. The van der Waals surface area contributed by atoms with Crippen molar-refractivity contribution in [2.75, 3.05) is 13.3 Å². The van der Waals surface area contributed by atoms with Crippen molar-refractivity contribution in [2.45, 2.75) is 30.7 Å². The van der Waals surface area contributed by atoms with E-state index in [9.17, 15) is 13.2 Å². The standard InChI is InChI=1S/C19H22ClNO3S/c1-14(16-7-11-18(12-8-16)25(3,23)24)21(2)19(22)13-6-15-4-9-17(20)10-5-15/h4-5,7-12,14H,6,13H2,1-3H3. The van der Waals surface area contributed by atoms with Crippen molar-refractivity contribution in [1.29, 1.82) is 0 Å². The first-order chi connectivity index (χ1) is 11.7.